The third-order valence-corrected chi connectivity index (χ3v) is 5.09. The van der Waals surface area contributed by atoms with Crippen molar-refractivity contribution in [2.24, 2.45) is 5.73 Å². The number of hydrogen-bond donors (Lipinski definition) is 1. The topological polar surface area (TPSA) is 38.5 Å². The quantitative estimate of drug-likeness (QED) is 0.909. The molecule has 1 aliphatic heterocycles. The fraction of sp³-hybridized carbons (Fsp3) is 0.667. The standard InChI is InChI=1S/C18H28N2O/c1-14-13-20(10-5-11-21-14)18-12-16(8-9-17(18)19)15-6-3-2-4-7-15/h2-4,6-7,14,16-18H,5,8-13,19H2,1H3. The average molecular weight is 288 g/mol. The largest absolute Gasteiger partial charge is 0.377 e. The second kappa shape index (κ2) is 6.91. The molecule has 1 saturated carbocycles. The maximum Gasteiger partial charge on any atom is 0.0674 e. The molecule has 1 aromatic carbocycles. The minimum Gasteiger partial charge on any atom is -0.377 e. The number of nitrogens with two attached hydrogens (primary N) is 1. The third-order valence-electron chi connectivity index (χ3n) is 5.09. The molecule has 1 aromatic rings. The summed E-state index contributed by atoms with van der Waals surface area (Å²) >= 11 is 0. The van der Waals surface area contributed by atoms with Crippen LogP contribution in [0, 0.1) is 0 Å². The van der Waals surface area contributed by atoms with Gasteiger partial charge in [-0.25, -0.2) is 0 Å². The van der Waals surface area contributed by atoms with E-state index in [-0.39, 0.29) is 0 Å². The number of hydrogen-bond acceptors (Lipinski definition) is 3. The Morgan fingerprint density at radius 2 is 2.00 bits per heavy atom. The summed E-state index contributed by atoms with van der Waals surface area (Å²) in [6.07, 6.45) is 5.01. The van der Waals surface area contributed by atoms with Crippen LogP contribution in [0.3, 0.4) is 0 Å². The van der Waals surface area contributed by atoms with Crippen molar-refractivity contribution in [1.29, 1.82) is 0 Å². The number of benzene rings is 1. The normalized spacial score (nSPS) is 35.3. The summed E-state index contributed by atoms with van der Waals surface area (Å²) in [6, 6.07) is 11.8. The maximum absolute atomic E-state index is 6.46. The molecule has 3 rings (SSSR count). The van der Waals surface area contributed by atoms with Gasteiger partial charge in [-0.2, -0.15) is 0 Å². The Hall–Kier alpha value is -0.900. The van der Waals surface area contributed by atoms with Crippen LogP contribution in [0.4, 0.5) is 0 Å². The molecular weight excluding hydrogens is 260 g/mol. The summed E-state index contributed by atoms with van der Waals surface area (Å²) in [5.41, 5.74) is 7.94. The monoisotopic (exact) mass is 288 g/mol. The molecule has 21 heavy (non-hydrogen) atoms. The number of rotatable bonds is 2. The van der Waals surface area contributed by atoms with Crippen LogP contribution in [0.25, 0.3) is 0 Å². The molecule has 3 heteroatoms. The van der Waals surface area contributed by atoms with Gasteiger partial charge < -0.3 is 10.5 Å². The van der Waals surface area contributed by atoms with Gasteiger partial charge in [0.25, 0.3) is 0 Å². The van der Waals surface area contributed by atoms with Crippen molar-refractivity contribution >= 4 is 0 Å². The summed E-state index contributed by atoms with van der Waals surface area (Å²) in [5.74, 6) is 0.662. The van der Waals surface area contributed by atoms with Crippen molar-refractivity contribution in [3.63, 3.8) is 0 Å². The molecule has 0 bridgehead atoms. The van der Waals surface area contributed by atoms with E-state index in [4.69, 9.17) is 10.5 Å². The van der Waals surface area contributed by atoms with Crippen molar-refractivity contribution in [2.75, 3.05) is 19.7 Å². The van der Waals surface area contributed by atoms with Crippen LogP contribution in [0.15, 0.2) is 30.3 Å². The Labute approximate surface area is 128 Å². The lowest BCUT2D eigenvalue weighted by Crippen LogP contribution is -2.52. The van der Waals surface area contributed by atoms with E-state index in [0.29, 0.717) is 24.1 Å². The summed E-state index contributed by atoms with van der Waals surface area (Å²) < 4.78 is 5.79. The molecule has 0 amide bonds. The van der Waals surface area contributed by atoms with E-state index in [2.05, 4.69) is 42.2 Å². The fourth-order valence-corrected chi connectivity index (χ4v) is 3.95. The first-order chi connectivity index (χ1) is 10.2. The molecule has 4 atom stereocenters. The van der Waals surface area contributed by atoms with E-state index in [1.165, 1.54) is 18.4 Å². The highest BCUT2D eigenvalue weighted by Crippen LogP contribution is 2.35. The third kappa shape index (κ3) is 3.65. The fourth-order valence-electron chi connectivity index (χ4n) is 3.95. The predicted molar refractivity (Wildman–Crippen MR) is 86.4 cm³/mol. The van der Waals surface area contributed by atoms with Gasteiger partial charge in [0.15, 0.2) is 0 Å². The lowest BCUT2D eigenvalue weighted by molar-refractivity contribution is 0.0516. The summed E-state index contributed by atoms with van der Waals surface area (Å²) in [5, 5.41) is 0. The smallest absolute Gasteiger partial charge is 0.0674 e. The zero-order valence-corrected chi connectivity index (χ0v) is 13.1. The molecule has 0 spiro atoms. The SMILES string of the molecule is CC1CN(C2CC(c3ccccc3)CCC2N)CCCO1. The van der Waals surface area contributed by atoms with Crippen molar-refractivity contribution in [3.05, 3.63) is 35.9 Å². The molecular formula is C18H28N2O. The van der Waals surface area contributed by atoms with Gasteiger partial charge in [0.1, 0.15) is 0 Å². The van der Waals surface area contributed by atoms with Gasteiger partial charge in [0.05, 0.1) is 6.10 Å². The molecule has 2 N–H and O–H groups in total. The van der Waals surface area contributed by atoms with E-state index in [1.54, 1.807) is 0 Å². The van der Waals surface area contributed by atoms with Crippen molar-refractivity contribution in [3.8, 4) is 0 Å². The van der Waals surface area contributed by atoms with Crippen LogP contribution in [-0.2, 0) is 4.74 Å². The maximum atomic E-state index is 6.46. The molecule has 116 valence electrons. The highest BCUT2D eigenvalue weighted by Gasteiger charge is 2.34. The van der Waals surface area contributed by atoms with Crippen molar-refractivity contribution in [1.82, 2.24) is 4.90 Å². The van der Waals surface area contributed by atoms with Crippen LogP contribution in [0.2, 0.25) is 0 Å². The molecule has 1 heterocycles. The Morgan fingerprint density at radius 3 is 2.81 bits per heavy atom. The first-order valence-corrected chi connectivity index (χ1v) is 8.40. The average Bonchev–Trinajstić information content (AvgIpc) is 2.73. The van der Waals surface area contributed by atoms with Gasteiger partial charge in [-0.1, -0.05) is 30.3 Å². The minimum absolute atomic E-state index is 0.315. The van der Waals surface area contributed by atoms with E-state index < -0.39 is 0 Å². The molecule has 2 aliphatic rings. The van der Waals surface area contributed by atoms with Crippen LogP contribution < -0.4 is 5.73 Å². The highest BCUT2D eigenvalue weighted by molar-refractivity contribution is 5.21. The van der Waals surface area contributed by atoms with Gasteiger partial charge in [-0.3, -0.25) is 4.90 Å². The lowest BCUT2D eigenvalue weighted by Gasteiger charge is -2.41. The molecule has 4 unspecified atom stereocenters. The summed E-state index contributed by atoms with van der Waals surface area (Å²) in [7, 11) is 0. The van der Waals surface area contributed by atoms with Crippen molar-refractivity contribution < 1.29 is 4.74 Å². The molecule has 1 aliphatic carbocycles. The van der Waals surface area contributed by atoms with E-state index in [9.17, 15) is 0 Å². The first-order valence-electron chi connectivity index (χ1n) is 8.40. The number of ether oxygens (including phenoxy) is 1. The Bertz CT molecular complexity index is 436. The second-order valence-corrected chi connectivity index (χ2v) is 6.68. The van der Waals surface area contributed by atoms with Gasteiger partial charge >= 0.3 is 0 Å². The van der Waals surface area contributed by atoms with E-state index in [1.807, 2.05) is 0 Å². The Kier molecular flexibility index (Phi) is 4.94. The first kappa shape index (κ1) is 15.0. The Balaban J connectivity index is 1.71. The van der Waals surface area contributed by atoms with Crippen LogP contribution in [0.1, 0.15) is 44.1 Å². The van der Waals surface area contributed by atoms with Gasteiger partial charge in [0, 0.05) is 31.8 Å². The van der Waals surface area contributed by atoms with E-state index in [0.717, 1.165) is 32.5 Å². The van der Waals surface area contributed by atoms with Crippen LogP contribution >= 0.6 is 0 Å². The molecule has 1 saturated heterocycles. The molecule has 0 radical (unpaired) electrons. The van der Waals surface area contributed by atoms with E-state index >= 15 is 0 Å². The zero-order valence-electron chi connectivity index (χ0n) is 13.1. The molecule has 3 nitrogen and oxygen atoms in total. The Morgan fingerprint density at radius 1 is 1.19 bits per heavy atom. The highest BCUT2D eigenvalue weighted by atomic mass is 16.5. The van der Waals surface area contributed by atoms with Crippen LogP contribution in [0.5, 0.6) is 0 Å². The van der Waals surface area contributed by atoms with Gasteiger partial charge in [-0.15, -0.1) is 0 Å². The number of nitrogens with zero attached hydrogens (tertiary/aromatic N) is 1. The second-order valence-electron chi connectivity index (χ2n) is 6.68. The predicted octanol–water partition coefficient (Wildman–Crippen LogP) is 2.76. The van der Waals surface area contributed by atoms with Gasteiger partial charge in [-0.05, 0) is 44.1 Å². The molecule has 2 fully saturated rings. The lowest BCUT2D eigenvalue weighted by atomic mass is 9.78. The molecule has 0 aromatic heterocycles. The minimum atomic E-state index is 0.315. The van der Waals surface area contributed by atoms with Crippen molar-refractivity contribution in [2.45, 2.75) is 56.7 Å². The zero-order chi connectivity index (χ0) is 14.7. The summed E-state index contributed by atoms with van der Waals surface area (Å²) in [6.45, 7) is 5.23. The summed E-state index contributed by atoms with van der Waals surface area (Å²) in [4.78, 5) is 2.59. The van der Waals surface area contributed by atoms with Crippen LogP contribution in [-0.4, -0.2) is 42.8 Å². The van der Waals surface area contributed by atoms with Gasteiger partial charge in [0.2, 0.25) is 0 Å².